The largest absolute Gasteiger partial charge is 0.454 e. The van der Waals surface area contributed by atoms with Gasteiger partial charge in [0.2, 0.25) is 6.79 Å². The van der Waals surface area contributed by atoms with E-state index in [9.17, 15) is 4.79 Å². The van der Waals surface area contributed by atoms with E-state index in [0.29, 0.717) is 40.8 Å². The molecular weight excluding hydrogens is 364 g/mol. The van der Waals surface area contributed by atoms with Gasteiger partial charge in [0.1, 0.15) is 0 Å². The van der Waals surface area contributed by atoms with E-state index < -0.39 is 0 Å². The van der Waals surface area contributed by atoms with E-state index in [1.54, 1.807) is 25.5 Å². The van der Waals surface area contributed by atoms with Crippen LogP contribution in [0.15, 0.2) is 47.5 Å². The second-order valence-corrected chi connectivity index (χ2v) is 6.58. The summed E-state index contributed by atoms with van der Waals surface area (Å²) in [6.45, 7) is 1.11. The van der Waals surface area contributed by atoms with Crippen LogP contribution < -0.4 is 20.3 Å². The normalized spacial score (nSPS) is 12.2. The number of aromatic amines is 1. The number of H-pyrrole nitrogens is 1. The first-order chi connectivity index (χ1) is 13.1. The van der Waals surface area contributed by atoms with Gasteiger partial charge in [-0.25, -0.2) is 0 Å². The summed E-state index contributed by atoms with van der Waals surface area (Å²) in [6.07, 6.45) is 3.51. The maximum absolute atomic E-state index is 12.6. The monoisotopic (exact) mass is 382 g/mol. The van der Waals surface area contributed by atoms with Crippen LogP contribution in [0.25, 0.3) is 10.9 Å². The number of aromatic nitrogens is 2. The molecule has 0 atom stereocenters. The summed E-state index contributed by atoms with van der Waals surface area (Å²) >= 11 is 5.42. The molecule has 7 nitrogen and oxygen atoms in total. The van der Waals surface area contributed by atoms with Gasteiger partial charge in [-0.3, -0.25) is 9.78 Å². The maximum Gasteiger partial charge on any atom is 0.253 e. The molecule has 4 rings (SSSR count). The number of ether oxygens (including phenoxy) is 2. The Bertz CT molecular complexity index is 1050. The molecule has 1 aliphatic heterocycles. The summed E-state index contributed by atoms with van der Waals surface area (Å²) in [4.78, 5) is 21.6. The van der Waals surface area contributed by atoms with Crippen LogP contribution in [0.3, 0.4) is 0 Å². The molecule has 3 heterocycles. The van der Waals surface area contributed by atoms with Crippen LogP contribution in [0.5, 0.6) is 11.5 Å². The van der Waals surface area contributed by atoms with Gasteiger partial charge in [0.25, 0.3) is 5.56 Å². The molecule has 0 fully saturated rings. The number of benzene rings is 1. The fourth-order valence-corrected chi connectivity index (χ4v) is 3.16. The molecule has 8 heteroatoms. The van der Waals surface area contributed by atoms with Crippen LogP contribution in [0.4, 0.5) is 0 Å². The fraction of sp³-hybridized carbons (Fsp3) is 0.211. The van der Waals surface area contributed by atoms with Crippen molar-refractivity contribution in [3.8, 4) is 11.5 Å². The van der Waals surface area contributed by atoms with Crippen LogP contribution in [-0.2, 0) is 13.1 Å². The Hall–Kier alpha value is -3.13. The van der Waals surface area contributed by atoms with E-state index in [4.69, 9.17) is 21.7 Å². The number of rotatable bonds is 4. The first-order valence-electron chi connectivity index (χ1n) is 8.45. The van der Waals surface area contributed by atoms with Crippen LogP contribution >= 0.6 is 12.2 Å². The van der Waals surface area contributed by atoms with Gasteiger partial charge in [0, 0.05) is 43.0 Å². The average Bonchev–Trinajstić information content (AvgIpc) is 3.13. The third-order valence-electron chi connectivity index (χ3n) is 4.37. The molecule has 0 spiro atoms. The number of thiocarbonyl (C=S) groups is 1. The van der Waals surface area contributed by atoms with Crippen LogP contribution in [0.1, 0.15) is 11.1 Å². The summed E-state index contributed by atoms with van der Waals surface area (Å²) in [6, 6.07) is 9.38. The molecule has 2 aromatic heterocycles. The molecule has 3 aromatic rings. The molecule has 0 aliphatic carbocycles. The number of nitrogens with zero attached hydrogens (tertiary/aromatic N) is 2. The maximum atomic E-state index is 12.6. The van der Waals surface area contributed by atoms with Crippen molar-refractivity contribution in [2.45, 2.75) is 13.1 Å². The quantitative estimate of drug-likeness (QED) is 0.670. The SMILES string of the molecule is CNC(=S)N(Cc1cccnc1)Cc1cc2cc3c(cc2[nH]c1=O)OCO3. The first kappa shape index (κ1) is 17.3. The van der Waals surface area contributed by atoms with Crippen molar-refractivity contribution in [3.63, 3.8) is 0 Å². The van der Waals surface area contributed by atoms with Gasteiger partial charge < -0.3 is 24.7 Å². The van der Waals surface area contributed by atoms with Crippen molar-refractivity contribution in [1.29, 1.82) is 0 Å². The summed E-state index contributed by atoms with van der Waals surface area (Å²) < 4.78 is 10.8. The van der Waals surface area contributed by atoms with E-state index in [2.05, 4.69) is 15.3 Å². The lowest BCUT2D eigenvalue weighted by atomic mass is 10.1. The first-order valence-corrected chi connectivity index (χ1v) is 8.86. The van der Waals surface area contributed by atoms with Gasteiger partial charge in [-0.15, -0.1) is 0 Å². The number of pyridine rings is 2. The second-order valence-electron chi connectivity index (χ2n) is 6.19. The molecule has 2 N–H and O–H groups in total. The number of fused-ring (bicyclic) bond motifs is 2. The minimum absolute atomic E-state index is 0.156. The van der Waals surface area contributed by atoms with Gasteiger partial charge in [0.05, 0.1) is 12.1 Å². The predicted molar refractivity (Wildman–Crippen MR) is 106 cm³/mol. The fourth-order valence-electron chi connectivity index (χ4n) is 3.03. The van der Waals surface area contributed by atoms with Crippen molar-refractivity contribution in [1.82, 2.24) is 20.2 Å². The Labute approximate surface area is 160 Å². The predicted octanol–water partition coefficient (Wildman–Crippen LogP) is 2.16. The second kappa shape index (κ2) is 7.24. The molecule has 138 valence electrons. The molecule has 0 saturated carbocycles. The average molecular weight is 382 g/mol. The van der Waals surface area contributed by atoms with Crippen molar-refractivity contribution < 1.29 is 9.47 Å². The zero-order valence-corrected chi connectivity index (χ0v) is 15.5. The lowest BCUT2D eigenvalue weighted by Gasteiger charge is -2.24. The highest BCUT2D eigenvalue weighted by molar-refractivity contribution is 7.80. The number of hydrogen-bond acceptors (Lipinski definition) is 5. The Kier molecular flexibility index (Phi) is 4.64. The standard InChI is InChI=1S/C19H18N4O3S/c1-20-19(27)23(9-12-3-2-4-21-8-12)10-14-5-13-6-16-17(26-11-25-16)7-15(13)22-18(14)24/h2-8H,9-11H2,1H3,(H,20,27)(H,22,24). The van der Waals surface area contributed by atoms with E-state index >= 15 is 0 Å². The minimum atomic E-state index is -0.156. The Morgan fingerprint density at radius 2 is 2.11 bits per heavy atom. The molecule has 0 saturated heterocycles. The lowest BCUT2D eigenvalue weighted by molar-refractivity contribution is 0.174. The Morgan fingerprint density at radius 3 is 2.85 bits per heavy atom. The molecule has 0 unspecified atom stereocenters. The van der Waals surface area contributed by atoms with Gasteiger partial charge in [-0.05, 0) is 36.0 Å². The van der Waals surface area contributed by atoms with Crippen LogP contribution in [0.2, 0.25) is 0 Å². The van der Waals surface area contributed by atoms with E-state index in [1.165, 1.54) is 0 Å². The van der Waals surface area contributed by atoms with Crippen molar-refractivity contribution >= 4 is 28.2 Å². The summed E-state index contributed by atoms with van der Waals surface area (Å²) in [5.74, 6) is 1.32. The van der Waals surface area contributed by atoms with Crippen molar-refractivity contribution in [2.24, 2.45) is 0 Å². The number of hydrogen-bond donors (Lipinski definition) is 2. The molecule has 27 heavy (non-hydrogen) atoms. The minimum Gasteiger partial charge on any atom is -0.454 e. The van der Waals surface area contributed by atoms with E-state index in [-0.39, 0.29) is 12.4 Å². The molecule has 0 radical (unpaired) electrons. The van der Waals surface area contributed by atoms with Crippen molar-refractivity contribution in [3.05, 3.63) is 64.2 Å². The Balaban J connectivity index is 1.67. The molecule has 0 bridgehead atoms. The zero-order valence-electron chi connectivity index (χ0n) is 14.7. The number of nitrogens with one attached hydrogen (secondary N) is 2. The summed E-state index contributed by atoms with van der Waals surface area (Å²) in [7, 11) is 1.77. The smallest absolute Gasteiger partial charge is 0.253 e. The van der Waals surface area contributed by atoms with Crippen molar-refractivity contribution in [2.75, 3.05) is 13.8 Å². The summed E-state index contributed by atoms with van der Waals surface area (Å²) in [5, 5.41) is 4.42. The van der Waals surface area contributed by atoms with Gasteiger partial charge in [-0.2, -0.15) is 0 Å². The molecular formula is C19H18N4O3S. The van der Waals surface area contributed by atoms with Crippen LogP contribution in [0, 0.1) is 0 Å². The molecule has 1 aliphatic rings. The molecule has 1 aromatic carbocycles. The van der Waals surface area contributed by atoms with Gasteiger partial charge in [-0.1, -0.05) is 6.07 Å². The van der Waals surface area contributed by atoms with E-state index in [0.717, 1.165) is 10.9 Å². The highest BCUT2D eigenvalue weighted by Crippen LogP contribution is 2.35. The third kappa shape index (κ3) is 3.56. The topological polar surface area (TPSA) is 79.5 Å². The summed E-state index contributed by atoms with van der Waals surface area (Å²) in [5.41, 5.74) is 2.18. The highest BCUT2D eigenvalue weighted by Gasteiger charge is 2.17. The van der Waals surface area contributed by atoms with Crippen LogP contribution in [-0.4, -0.2) is 33.8 Å². The zero-order chi connectivity index (χ0) is 18.8. The highest BCUT2D eigenvalue weighted by atomic mass is 32.1. The lowest BCUT2D eigenvalue weighted by Crippen LogP contribution is -2.38. The van der Waals surface area contributed by atoms with Gasteiger partial charge in [0.15, 0.2) is 16.6 Å². The van der Waals surface area contributed by atoms with Gasteiger partial charge >= 0.3 is 0 Å². The van der Waals surface area contributed by atoms with E-state index in [1.807, 2.05) is 29.2 Å². The third-order valence-corrected chi connectivity index (χ3v) is 4.84. The Morgan fingerprint density at radius 1 is 1.30 bits per heavy atom. The molecule has 0 amide bonds.